The fourth-order valence-corrected chi connectivity index (χ4v) is 2.28. The van der Waals surface area contributed by atoms with E-state index in [0.717, 1.165) is 25.9 Å². The third kappa shape index (κ3) is 3.09. The first-order valence-corrected chi connectivity index (χ1v) is 6.51. The number of rotatable bonds is 3. The molecule has 2 rings (SSSR count). The summed E-state index contributed by atoms with van der Waals surface area (Å²) in [6, 6.07) is 8.44. The lowest BCUT2D eigenvalue weighted by Gasteiger charge is -2.29. The van der Waals surface area contributed by atoms with Crippen molar-refractivity contribution in [2.45, 2.75) is 39.7 Å². The summed E-state index contributed by atoms with van der Waals surface area (Å²) in [5, 5.41) is 0. The molecule has 0 saturated heterocycles. The minimum atomic E-state index is 0.313. The van der Waals surface area contributed by atoms with Crippen LogP contribution < -0.4 is 0 Å². The van der Waals surface area contributed by atoms with Crippen LogP contribution in [0.15, 0.2) is 24.3 Å². The van der Waals surface area contributed by atoms with Crippen molar-refractivity contribution in [3.05, 3.63) is 35.4 Å². The molecule has 0 atom stereocenters. The second-order valence-corrected chi connectivity index (χ2v) is 5.27. The Morgan fingerprint density at radius 1 is 1.29 bits per heavy atom. The fraction of sp³-hybridized carbons (Fsp3) is 0.533. The Hall–Kier alpha value is -1.31. The second kappa shape index (κ2) is 5.35. The van der Waals surface area contributed by atoms with Gasteiger partial charge in [-0.3, -0.25) is 4.79 Å². The number of carbonyl (C=O) groups excluding carboxylic acids is 1. The van der Waals surface area contributed by atoms with Gasteiger partial charge in [0.25, 0.3) is 0 Å². The van der Waals surface area contributed by atoms with Crippen molar-refractivity contribution in [3.63, 3.8) is 0 Å². The van der Waals surface area contributed by atoms with Gasteiger partial charge in [0.05, 0.1) is 0 Å². The Kier molecular flexibility index (Phi) is 3.82. The Labute approximate surface area is 104 Å². The minimum absolute atomic E-state index is 0.313. The lowest BCUT2D eigenvalue weighted by Crippen LogP contribution is -2.35. The maximum atomic E-state index is 12.0. The van der Waals surface area contributed by atoms with E-state index in [1.165, 1.54) is 11.1 Å². The molecule has 0 spiro atoms. The molecule has 0 saturated carbocycles. The van der Waals surface area contributed by atoms with Gasteiger partial charge in [0, 0.05) is 19.5 Å². The first-order valence-electron chi connectivity index (χ1n) is 6.51. The predicted octanol–water partition coefficient (Wildman–Crippen LogP) is 3.01. The smallest absolute Gasteiger partial charge is 0.222 e. The number of nitrogens with zero attached hydrogens (tertiary/aromatic N) is 1. The van der Waals surface area contributed by atoms with Gasteiger partial charge < -0.3 is 4.90 Å². The SMILES string of the molecule is CC(C)CCC(=O)N1CCc2ccccc2C1. The van der Waals surface area contributed by atoms with Crippen LogP contribution in [-0.2, 0) is 17.8 Å². The third-order valence-electron chi connectivity index (χ3n) is 3.42. The lowest BCUT2D eigenvalue weighted by atomic mass is 9.99. The van der Waals surface area contributed by atoms with Gasteiger partial charge in [-0.05, 0) is 29.9 Å². The summed E-state index contributed by atoms with van der Waals surface area (Å²) in [4.78, 5) is 14.0. The summed E-state index contributed by atoms with van der Waals surface area (Å²) in [5.74, 6) is 0.921. The standard InChI is InChI=1S/C15H21NO/c1-12(2)7-8-15(17)16-10-9-13-5-3-4-6-14(13)11-16/h3-6,12H,7-11H2,1-2H3. The second-order valence-electron chi connectivity index (χ2n) is 5.27. The molecule has 1 aromatic carbocycles. The molecule has 0 unspecified atom stereocenters. The summed E-state index contributed by atoms with van der Waals surface area (Å²) < 4.78 is 0. The van der Waals surface area contributed by atoms with Gasteiger partial charge in [0.15, 0.2) is 0 Å². The Bertz CT molecular complexity index is 398. The van der Waals surface area contributed by atoms with E-state index in [2.05, 4.69) is 38.1 Å². The van der Waals surface area contributed by atoms with E-state index in [4.69, 9.17) is 0 Å². The number of hydrogen-bond acceptors (Lipinski definition) is 1. The highest BCUT2D eigenvalue weighted by Crippen LogP contribution is 2.19. The molecule has 2 nitrogen and oxygen atoms in total. The monoisotopic (exact) mass is 231 g/mol. The summed E-state index contributed by atoms with van der Waals surface area (Å²) in [6.07, 6.45) is 2.69. The van der Waals surface area contributed by atoms with E-state index in [-0.39, 0.29) is 0 Å². The molecule has 0 aliphatic carbocycles. The molecule has 0 N–H and O–H groups in total. The zero-order valence-corrected chi connectivity index (χ0v) is 10.8. The van der Waals surface area contributed by atoms with Crippen molar-refractivity contribution >= 4 is 5.91 Å². The van der Waals surface area contributed by atoms with E-state index in [1.807, 2.05) is 4.90 Å². The molecule has 1 heterocycles. The normalized spacial score (nSPS) is 14.9. The van der Waals surface area contributed by atoms with Gasteiger partial charge in [-0.2, -0.15) is 0 Å². The maximum absolute atomic E-state index is 12.0. The van der Waals surface area contributed by atoms with Crippen molar-refractivity contribution in [2.24, 2.45) is 5.92 Å². The molecular formula is C15H21NO. The average Bonchev–Trinajstić information content (AvgIpc) is 2.35. The Morgan fingerprint density at radius 2 is 2.00 bits per heavy atom. The molecule has 0 aromatic heterocycles. The molecule has 92 valence electrons. The van der Waals surface area contributed by atoms with Crippen LogP contribution in [-0.4, -0.2) is 17.4 Å². The highest BCUT2D eigenvalue weighted by molar-refractivity contribution is 5.76. The van der Waals surface area contributed by atoms with Gasteiger partial charge in [-0.25, -0.2) is 0 Å². The number of carbonyl (C=O) groups is 1. The van der Waals surface area contributed by atoms with Crippen molar-refractivity contribution in [1.82, 2.24) is 4.90 Å². The van der Waals surface area contributed by atoms with Crippen LogP contribution in [0.2, 0.25) is 0 Å². The van der Waals surface area contributed by atoms with E-state index < -0.39 is 0 Å². The Balaban J connectivity index is 1.95. The van der Waals surface area contributed by atoms with Crippen LogP contribution in [0.1, 0.15) is 37.8 Å². The maximum Gasteiger partial charge on any atom is 0.222 e. The average molecular weight is 231 g/mol. The van der Waals surface area contributed by atoms with Gasteiger partial charge in [0.2, 0.25) is 5.91 Å². The van der Waals surface area contributed by atoms with E-state index in [9.17, 15) is 4.79 Å². The molecule has 1 aliphatic rings. The molecule has 1 aliphatic heterocycles. The summed E-state index contributed by atoms with van der Waals surface area (Å²) in [6.45, 7) is 6.01. The van der Waals surface area contributed by atoms with Crippen molar-refractivity contribution in [1.29, 1.82) is 0 Å². The van der Waals surface area contributed by atoms with Crippen molar-refractivity contribution in [2.75, 3.05) is 6.54 Å². The van der Waals surface area contributed by atoms with E-state index in [1.54, 1.807) is 0 Å². The largest absolute Gasteiger partial charge is 0.338 e. The zero-order valence-electron chi connectivity index (χ0n) is 10.8. The topological polar surface area (TPSA) is 20.3 Å². The molecule has 0 radical (unpaired) electrons. The van der Waals surface area contributed by atoms with Crippen LogP contribution in [0.5, 0.6) is 0 Å². The minimum Gasteiger partial charge on any atom is -0.338 e. The van der Waals surface area contributed by atoms with Gasteiger partial charge >= 0.3 is 0 Å². The van der Waals surface area contributed by atoms with Gasteiger partial charge in [-0.15, -0.1) is 0 Å². The van der Waals surface area contributed by atoms with Crippen LogP contribution in [0.3, 0.4) is 0 Å². The molecule has 17 heavy (non-hydrogen) atoms. The molecule has 0 fully saturated rings. The van der Waals surface area contributed by atoms with Crippen molar-refractivity contribution < 1.29 is 4.79 Å². The summed E-state index contributed by atoms with van der Waals surface area (Å²) in [7, 11) is 0. The van der Waals surface area contributed by atoms with E-state index in [0.29, 0.717) is 18.2 Å². The highest BCUT2D eigenvalue weighted by Gasteiger charge is 2.19. The van der Waals surface area contributed by atoms with Crippen molar-refractivity contribution in [3.8, 4) is 0 Å². The molecular weight excluding hydrogens is 210 g/mol. The highest BCUT2D eigenvalue weighted by atomic mass is 16.2. The van der Waals surface area contributed by atoms with Crippen LogP contribution >= 0.6 is 0 Å². The van der Waals surface area contributed by atoms with Crippen LogP contribution in [0.4, 0.5) is 0 Å². The molecule has 0 bridgehead atoms. The van der Waals surface area contributed by atoms with E-state index >= 15 is 0 Å². The Morgan fingerprint density at radius 3 is 2.71 bits per heavy atom. The quantitative estimate of drug-likeness (QED) is 0.783. The number of benzene rings is 1. The summed E-state index contributed by atoms with van der Waals surface area (Å²) >= 11 is 0. The van der Waals surface area contributed by atoms with Crippen LogP contribution in [0.25, 0.3) is 0 Å². The lowest BCUT2D eigenvalue weighted by molar-refractivity contribution is -0.132. The molecule has 2 heteroatoms. The molecule has 1 amide bonds. The third-order valence-corrected chi connectivity index (χ3v) is 3.42. The first-order chi connectivity index (χ1) is 8.16. The number of hydrogen-bond donors (Lipinski definition) is 0. The van der Waals surface area contributed by atoms with Gasteiger partial charge in [-0.1, -0.05) is 38.1 Å². The van der Waals surface area contributed by atoms with Gasteiger partial charge in [0.1, 0.15) is 0 Å². The molecule has 1 aromatic rings. The fourth-order valence-electron chi connectivity index (χ4n) is 2.28. The van der Waals surface area contributed by atoms with Crippen LogP contribution in [0, 0.1) is 5.92 Å². The predicted molar refractivity (Wildman–Crippen MR) is 69.6 cm³/mol. The zero-order chi connectivity index (χ0) is 12.3. The first kappa shape index (κ1) is 12.2. The number of fused-ring (bicyclic) bond motifs is 1. The number of amides is 1. The summed E-state index contributed by atoms with van der Waals surface area (Å²) in [5.41, 5.74) is 2.72.